The second-order valence-electron chi connectivity index (χ2n) is 3.71. The third-order valence-corrected chi connectivity index (χ3v) is 2.53. The van der Waals surface area contributed by atoms with Crippen molar-refractivity contribution in [3.8, 4) is 5.75 Å². The Morgan fingerprint density at radius 2 is 2.17 bits per heavy atom. The molecular weight excluding hydrogens is 230 g/mol. The van der Waals surface area contributed by atoms with Gasteiger partial charge in [-0.2, -0.15) is 0 Å². The van der Waals surface area contributed by atoms with Crippen molar-refractivity contribution in [2.45, 2.75) is 0 Å². The zero-order valence-electron chi connectivity index (χ0n) is 9.33. The molecule has 1 aromatic carbocycles. The topological polar surface area (TPSA) is 67.9 Å². The Labute approximate surface area is 102 Å². The van der Waals surface area contributed by atoms with Gasteiger partial charge in [0.15, 0.2) is 5.69 Å². The molecule has 3 rings (SSSR count). The maximum Gasteiger partial charge on any atom is 0.362 e. The van der Waals surface area contributed by atoms with Crippen LogP contribution in [0.4, 0.5) is 0 Å². The third-order valence-electron chi connectivity index (χ3n) is 2.53. The predicted molar refractivity (Wildman–Crippen MR) is 65.3 cm³/mol. The van der Waals surface area contributed by atoms with E-state index in [9.17, 15) is 4.79 Å². The van der Waals surface area contributed by atoms with Crippen LogP contribution in [0.2, 0.25) is 0 Å². The fourth-order valence-electron chi connectivity index (χ4n) is 1.67. The Balaban J connectivity index is 1.86. The molecule has 1 N–H and O–H groups in total. The Morgan fingerprint density at radius 1 is 1.22 bits per heavy atom. The van der Waals surface area contributed by atoms with E-state index in [-0.39, 0.29) is 5.69 Å². The molecule has 0 atom stereocenters. The number of rotatable bonds is 2. The smallest absolute Gasteiger partial charge is 0.362 e. The summed E-state index contributed by atoms with van der Waals surface area (Å²) >= 11 is 0. The van der Waals surface area contributed by atoms with Crippen molar-refractivity contribution in [2.24, 2.45) is 0 Å². The van der Waals surface area contributed by atoms with Crippen LogP contribution in [0.25, 0.3) is 10.9 Å². The molecule has 0 radical (unpaired) electrons. The summed E-state index contributed by atoms with van der Waals surface area (Å²) in [5.41, 5.74) is 1.23. The molecule has 0 unspecified atom stereocenters. The lowest BCUT2D eigenvalue weighted by atomic mass is 10.2. The SMILES string of the molecule is O=C(Oc1ccc2[nH]ccc2c1)c1ccncn1. The van der Waals surface area contributed by atoms with E-state index in [1.165, 1.54) is 18.6 Å². The summed E-state index contributed by atoms with van der Waals surface area (Å²) in [6, 6.07) is 8.81. The molecule has 0 fully saturated rings. The van der Waals surface area contributed by atoms with Crippen molar-refractivity contribution in [3.63, 3.8) is 0 Å². The lowest BCUT2D eigenvalue weighted by Crippen LogP contribution is -2.10. The standard InChI is InChI=1S/C13H9N3O2/c17-13(12-4-5-14-8-16-12)18-10-1-2-11-9(7-10)3-6-15-11/h1-8,15H. The first kappa shape index (κ1) is 10.5. The van der Waals surface area contributed by atoms with Gasteiger partial charge in [-0.05, 0) is 30.3 Å². The molecule has 0 bridgehead atoms. The summed E-state index contributed by atoms with van der Waals surface area (Å²) in [6.07, 6.45) is 4.64. The summed E-state index contributed by atoms with van der Waals surface area (Å²) in [5.74, 6) is -0.00185. The molecule has 2 aromatic heterocycles. The van der Waals surface area contributed by atoms with Crippen molar-refractivity contribution < 1.29 is 9.53 Å². The molecule has 0 saturated heterocycles. The number of benzene rings is 1. The number of nitrogens with one attached hydrogen (secondary N) is 1. The quantitative estimate of drug-likeness (QED) is 0.549. The maximum atomic E-state index is 11.8. The molecule has 18 heavy (non-hydrogen) atoms. The molecular formula is C13H9N3O2. The summed E-state index contributed by atoms with van der Waals surface area (Å²) in [7, 11) is 0. The minimum absolute atomic E-state index is 0.235. The molecule has 5 nitrogen and oxygen atoms in total. The highest BCUT2D eigenvalue weighted by atomic mass is 16.5. The van der Waals surface area contributed by atoms with Gasteiger partial charge < -0.3 is 9.72 Å². The van der Waals surface area contributed by atoms with Crippen molar-refractivity contribution >= 4 is 16.9 Å². The van der Waals surface area contributed by atoms with Crippen molar-refractivity contribution in [2.75, 3.05) is 0 Å². The molecule has 0 aliphatic heterocycles. The highest BCUT2D eigenvalue weighted by Gasteiger charge is 2.09. The first-order chi connectivity index (χ1) is 8.83. The van der Waals surface area contributed by atoms with Gasteiger partial charge in [-0.3, -0.25) is 0 Å². The molecule has 0 spiro atoms. The van der Waals surface area contributed by atoms with Crippen LogP contribution < -0.4 is 4.74 Å². The predicted octanol–water partition coefficient (Wildman–Crippen LogP) is 2.18. The summed E-state index contributed by atoms with van der Waals surface area (Å²) in [6.45, 7) is 0. The minimum Gasteiger partial charge on any atom is -0.422 e. The van der Waals surface area contributed by atoms with E-state index in [1.807, 2.05) is 18.3 Å². The van der Waals surface area contributed by atoms with E-state index in [4.69, 9.17) is 4.74 Å². The van der Waals surface area contributed by atoms with Crippen LogP contribution >= 0.6 is 0 Å². The summed E-state index contributed by atoms with van der Waals surface area (Å²) in [5, 5.41) is 0.989. The number of esters is 1. The number of nitrogens with zero attached hydrogens (tertiary/aromatic N) is 2. The Kier molecular flexibility index (Phi) is 2.49. The van der Waals surface area contributed by atoms with E-state index in [1.54, 1.807) is 12.1 Å². The molecule has 0 saturated carbocycles. The van der Waals surface area contributed by atoms with Gasteiger partial charge in [-0.15, -0.1) is 0 Å². The normalized spacial score (nSPS) is 10.4. The zero-order chi connectivity index (χ0) is 12.4. The molecule has 0 aliphatic rings. The van der Waals surface area contributed by atoms with Crippen LogP contribution in [0.15, 0.2) is 49.1 Å². The second kappa shape index (κ2) is 4.29. The number of fused-ring (bicyclic) bond motifs is 1. The highest BCUT2D eigenvalue weighted by molar-refractivity contribution is 5.89. The first-order valence-electron chi connectivity index (χ1n) is 5.38. The fraction of sp³-hybridized carbons (Fsp3) is 0. The average Bonchev–Trinajstić information content (AvgIpc) is 2.87. The van der Waals surface area contributed by atoms with Gasteiger partial charge in [0.25, 0.3) is 0 Å². The van der Waals surface area contributed by atoms with E-state index >= 15 is 0 Å². The number of H-pyrrole nitrogens is 1. The largest absolute Gasteiger partial charge is 0.422 e. The number of hydrogen-bond donors (Lipinski definition) is 1. The fourth-order valence-corrected chi connectivity index (χ4v) is 1.67. The van der Waals surface area contributed by atoms with Crippen molar-refractivity contribution in [3.05, 3.63) is 54.7 Å². The van der Waals surface area contributed by atoms with Gasteiger partial charge in [0.2, 0.25) is 0 Å². The number of carbonyl (C=O) groups is 1. The van der Waals surface area contributed by atoms with Crippen LogP contribution in [0.3, 0.4) is 0 Å². The van der Waals surface area contributed by atoms with E-state index < -0.39 is 5.97 Å². The average molecular weight is 239 g/mol. The van der Waals surface area contributed by atoms with Gasteiger partial charge in [0, 0.05) is 23.3 Å². The van der Waals surface area contributed by atoms with Crippen LogP contribution in [0.5, 0.6) is 5.75 Å². The summed E-state index contributed by atoms with van der Waals surface area (Å²) < 4.78 is 5.23. The number of aromatic nitrogens is 3. The number of hydrogen-bond acceptors (Lipinski definition) is 4. The Hall–Kier alpha value is -2.69. The number of carbonyl (C=O) groups excluding carboxylic acids is 1. The van der Waals surface area contributed by atoms with Gasteiger partial charge in [-0.25, -0.2) is 14.8 Å². The minimum atomic E-state index is -0.493. The van der Waals surface area contributed by atoms with Crippen molar-refractivity contribution in [1.29, 1.82) is 0 Å². The van der Waals surface area contributed by atoms with Gasteiger partial charge in [-0.1, -0.05) is 0 Å². The van der Waals surface area contributed by atoms with E-state index in [0.717, 1.165) is 10.9 Å². The molecule has 88 valence electrons. The lowest BCUT2D eigenvalue weighted by molar-refractivity contribution is 0.0728. The van der Waals surface area contributed by atoms with Crippen LogP contribution in [0, 0.1) is 0 Å². The second-order valence-corrected chi connectivity index (χ2v) is 3.71. The van der Waals surface area contributed by atoms with E-state index in [2.05, 4.69) is 15.0 Å². The monoisotopic (exact) mass is 239 g/mol. The lowest BCUT2D eigenvalue weighted by Gasteiger charge is -2.03. The van der Waals surface area contributed by atoms with Gasteiger partial charge in [0.1, 0.15) is 12.1 Å². The maximum absolute atomic E-state index is 11.8. The third kappa shape index (κ3) is 1.93. The van der Waals surface area contributed by atoms with Crippen LogP contribution in [-0.2, 0) is 0 Å². The number of ether oxygens (including phenoxy) is 1. The molecule has 0 aliphatic carbocycles. The number of aromatic amines is 1. The Morgan fingerprint density at radius 3 is 3.00 bits per heavy atom. The zero-order valence-corrected chi connectivity index (χ0v) is 9.33. The van der Waals surface area contributed by atoms with Gasteiger partial charge in [0.05, 0.1) is 0 Å². The molecule has 0 amide bonds. The summed E-state index contributed by atoms with van der Waals surface area (Å²) in [4.78, 5) is 22.4. The van der Waals surface area contributed by atoms with Crippen LogP contribution in [0.1, 0.15) is 10.5 Å². The first-order valence-corrected chi connectivity index (χ1v) is 5.38. The van der Waals surface area contributed by atoms with Crippen molar-refractivity contribution in [1.82, 2.24) is 15.0 Å². The van der Waals surface area contributed by atoms with E-state index in [0.29, 0.717) is 5.75 Å². The van der Waals surface area contributed by atoms with Crippen LogP contribution in [-0.4, -0.2) is 20.9 Å². The molecule has 5 heteroatoms. The molecule has 3 aromatic rings. The van der Waals surface area contributed by atoms with Gasteiger partial charge >= 0.3 is 5.97 Å². The molecule has 2 heterocycles. The Bertz CT molecular complexity index is 692. The highest BCUT2D eigenvalue weighted by Crippen LogP contribution is 2.20.